The van der Waals surface area contributed by atoms with E-state index in [1.165, 1.54) is 24.1 Å². The monoisotopic (exact) mass is 282 g/mol. The molecule has 0 bridgehead atoms. The van der Waals surface area contributed by atoms with Gasteiger partial charge in [0.25, 0.3) is 0 Å². The molecule has 0 aliphatic carbocycles. The first-order valence-corrected chi connectivity index (χ1v) is 5.99. The Morgan fingerprint density at radius 1 is 1.45 bits per heavy atom. The average Bonchev–Trinajstić information content (AvgIpc) is 2.29. The molecule has 1 aromatic heterocycles. The molecule has 7 heteroatoms. The van der Waals surface area contributed by atoms with Crippen molar-refractivity contribution in [2.45, 2.75) is 32.9 Å². The predicted molar refractivity (Wildman–Crippen MR) is 70.1 cm³/mol. The number of aromatic nitrogens is 1. The highest BCUT2D eigenvalue weighted by Gasteiger charge is 2.22. The largest absolute Gasteiger partial charge is 0.618 e. The molecule has 0 atom stereocenters. The van der Waals surface area contributed by atoms with E-state index < -0.39 is 17.7 Å². The Morgan fingerprint density at radius 3 is 2.55 bits per heavy atom. The fraction of sp³-hybridized carbons (Fsp3) is 0.462. The fourth-order valence-corrected chi connectivity index (χ4v) is 1.43. The van der Waals surface area contributed by atoms with Crippen LogP contribution in [-0.2, 0) is 11.3 Å². The van der Waals surface area contributed by atoms with E-state index in [-0.39, 0.29) is 17.8 Å². The van der Waals surface area contributed by atoms with Crippen LogP contribution in [0.4, 0.5) is 4.79 Å². The SMILES string of the molecule is CN(Cc1cc(C(=O)O)cc[n+]1[O-])C(=O)OC(C)(C)C. The van der Waals surface area contributed by atoms with E-state index in [2.05, 4.69) is 0 Å². The molecule has 1 aromatic rings. The molecule has 1 rings (SSSR count). The van der Waals surface area contributed by atoms with Crippen molar-refractivity contribution < 1.29 is 24.2 Å². The third-order valence-electron chi connectivity index (χ3n) is 2.35. The Kier molecular flexibility index (Phi) is 4.54. The van der Waals surface area contributed by atoms with Crippen LogP contribution in [0.2, 0.25) is 0 Å². The Bertz CT molecular complexity index is 522. The Labute approximate surface area is 117 Å². The topological polar surface area (TPSA) is 93.8 Å². The lowest BCUT2D eigenvalue weighted by Gasteiger charge is -2.24. The number of hydrogen-bond donors (Lipinski definition) is 1. The van der Waals surface area contributed by atoms with Crippen molar-refractivity contribution in [2.24, 2.45) is 0 Å². The summed E-state index contributed by atoms with van der Waals surface area (Å²) in [7, 11) is 1.47. The molecule has 0 aliphatic heterocycles. The number of aromatic carboxylic acids is 1. The summed E-state index contributed by atoms with van der Waals surface area (Å²) < 4.78 is 5.67. The van der Waals surface area contributed by atoms with Crippen LogP contribution in [0.1, 0.15) is 36.8 Å². The molecule has 0 radical (unpaired) electrons. The number of nitrogens with zero attached hydrogens (tertiary/aromatic N) is 2. The minimum Gasteiger partial charge on any atom is -0.618 e. The molecule has 1 N–H and O–H groups in total. The number of hydrogen-bond acceptors (Lipinski definition) is 4. The van der Waals surface area contributed by atoms with Gasteiger partial charge in [-0.05, 0) is 20.8 Å². The maximum absolute atomic E-state index is 11.8. The Hall–Kier alpha value is -2.31. The van der Waals surface area contributed by atoms with Crippen molar-refractivity contribution in [2.75, 3.05) is 7.05 Å². The molecule has 0 unspecified atom stereocenters. The van der Waals surface area contributed by atoms with Gasteiger partial charge in [0.05, 0.1) is 5.56 Å². The first-order valence-electron chi connectivity index (χ1n) is 5.99. The van der Waals surface area contributed by atoms with E-state index in [1.54, 1.807) is 20.8 Å². The van der Waals surface area contributed by atoms with Gasteiger partial charge in [-0.1, -0.05) is 0 Å². The first-order chi connectivity index (χ1) is 9.10. The highest BCUT2D eigenvalue weighted by Crippen LogP contribution is 2.11. The Balaban J connectivity index is 2.85. The summed E-state index contributed by atoms with van der Waals surface area (Å²) >= 11 is 0. The molecule has 0 saturated carbocycles. The normalized spacial score (nSPS) is 11.0. The molecule has 0 saturated heterocycles. The van der Waals surface area contributed by atoms with E-state index >= 15 is 0 Å². The third-order valence-corrected chi connectivity index (χ3v) is 2.35. The van der Waals surface area contributed by atoms with Crippen molar-refractivity contribution in [3.05, 3.63) is 34.8 Å². The van der Waals surface area contributed by atoms with Crippen molar-refractivity contribution in [3.8, 4) is 0 Å². The lowest BCUT2D eigenvalue weighted by molar-refractivity contribution is -0.615. The highest BCUT2D eigenvalue weighted by molar-refractivity contribution is 5.87. The molecule has 110 valence electrons. The molecular weight excluding hydrogens is 264 g/mol. The maximum atomic E-state index is 11.8. The quantitative estimate of drug-likeness (QED) is 0.667. The number of pyridine rings is 1. The summed E-state index contributed by atoms with van der Waals surface area (Å²) in [6, 6.07) is 2.43. The molecular formula is C13H18N2O5. The molecule has 7 nitrogen and oxygen atoms in total. The number of carboxylic acid groups (broad SMARTS) is 1. The van der Waals surface area contributed by atoms with Gasteiger partial charge < -0.3 is 20.0 Å². The zero-order valence-corrected chi connectivity index (χ0v) is 11.9. The van der Waals surface area contributed by atoms with Gasteiger partial charge in [0.2, 0.25) is 5.69 Å². The second kappa shape index (κ2) is 5.77. The molecule has 1 heterocycles. The van der Waals surface area contributed by atoms with Crippen molar-refractivity contribution in [1.29, 1.82) is 0 Å². The van der Waals surface area contributed by atoms with Crippen molar-refractivity contribution in [1.82, 2.24) is 4.90 Å². The predicted octanol–water partition coefficient (Wildman–Crippen LogP) is 1.39. The van der Waals surface area contributed by atoms with Gasteiger partial charge in [0.1, 0.15) is 12.1 Å². The number of ether oxygens (including phenoxy) is 1. The van der Waals surface area contributed by atoms with Gasteiger partial charge in [0.15, 0.2) is 6.20 Å². The summed E-state index contributed by atoms with van der Waals surface area (Å²) in [5.41, 5.74) is -0.496. The molecule has 0 aromatic carbocycles. The van der Waals surface area contributed by atoms with Crippen LogP contribution in [0.25, 0.3) is 0 Å². The molecule has 0 spiro atoms. The van der Waals surface area contributed by atoms with Crippen LogP contribution >= 0.6 is 0 Å². The summed E-state index contributed by atoms with van der Waals surface area (Å²) in [6.07, 6.45) is 0.514. The number of carboxylic acids is 1. The van der Waals surface area contributed by atoms with Gasteiger partial charge >= 0.3 is 12.1 Å². The minimum absolute atomic E-state index is 0.00955. The average molecular weight is 282 g/mol. The molecule has 0 fully saturated rings. The first kappa shape index (κ1) is 15.7. The van der Waals surface area contributed by atoms with Crippen molar-refractivity contribution >= 4 is 12.1 Å². The molecule has 20 heavy (non-hydrogen) atoms. The van der Waals surface area contributed by atoms with Crippen LogP contribution in [0.15, 0.2) is 18.3 Å². The third kappa shape index (κ3) is 4.42. The summed E-state index contributed by atoms with van der Waals surface area (Å²) in [5, 5.41) is 20.5. The zero-order chi connectivity index (χ0) is 15.5. The van der Waals surface area contributed by atoms with Crippen LogP contribution in [0, 0.1) is 5.21 Å². The smallest absolute Gasteiger partial charge is 0.410 e. The Morgan fingerprint density at radius 2 is 2.05 bits per heavy atom. The van der Waals surface area contributed by atoms with Crippen LogP contribution < -0.4 is 4.73 Å². The maximum Gasteiger partial charge on any atom is 0.410 e. The van der Waals surface area contributed by atoms with E-state index in [9.17, 15) is 14.8 Å². The second-order valence-corrected chi connectivity index (χ2v) is 5.37. The summed E-state index contributed by atoms with van der Waals surface area (Å²) in [4.78, 5) is 23.8. The van der Waals surface area contributed by atoms with Gasteiger partial charge in [-0.2, -0.15) is 4.73 Å². The van der Waals surface area contributed by atoms with E-state index in [4.69, 9.17) is 9.84 Å². The highest BCUT2D eigenvalue weighted by atomic mass is 16.6. The minimum atomic E-state index is -1.13. The zero-order valence-electron chi connectivity index (χ0n) is 11.9. The van der Waals surface area contributed by atoms with Crippen molar-refractivity contribution in [3.63, 3.8) is 0 Å². The van der Waals surface area contributed by atoms with Gasteiger partial charge in [-0.25, -0.2) is 9.59 Å². The van der Waals surface area contributed by atoms with E-state index in [0.717, 1.165) is 6.20 Å². The van der Waals surface area contributed by atoms with Gasteiger partial charge in [0, 0.05) is 19.2 Å². The fourth-order valence-electron chi connectivity index (χ4n) is 1.43. The van der Waals surface area contributed by atoms with Crippen LogP contribution in [0.3, 0.4) is 0 Å². The van der Waals surface area contributed by atoms with E-state index in [0.29, 0.717) is 4.73 Å². The lowest BCUT2D eigenvalue weighted by atomic mass is 10.2. The number of carbonyl (C=O) groups excluding carboxylic acids is 1. The number of amides is 1. The summed E-state index contributed by atoms with van der Waals surface area (Å²) in [6.45, 7) is 5.16. The van der Waals surface area contributed by atoms with Crippen LogP contribution in [-0.4, -0.2) is 34.7 Å². The number of rotatable bonds is 3. The lowest BCUT2D eigenvalue weighted by Crippen LogP contribution is -2.39. The standard InChI is InChI=1S/C13H18N2O5/c1-13(2,3)20-12(18)14(4)8-10-7-9(11(16)17)5-6-15(10)19/h5-7H,8H2,1-4H3,(H,16,17). The second-order valence-electron chi connectivity index (χ2n) is 5.37. The number of carbonyl (C=O) groups is 2. The van der Waals surface area contributed by atoms with Gasteiger partial charge in [-0.3, -0.25) is 0 Å². The summed E-state index contributed by atoms with van der Waals surface area (Å²) in [5.74, 6) is -1.13. The molecule has 1 amide bonds. The van der Waals surface area contributed by atoms with Crippen LogP contribution in [0.5, 0.6) is 0 Å². The van der Waals surface area contributed by atoms with E-state index in [1.807, 2.05) is 0 Å². The van der Waals surface area contributed by atoms with Gasteiger partial charge in [-0.15, -0.1) is 0 Å². The molecule has 0 aliphatic rings.